The number of amides is 1. The average molecular weight is 448 g/mol. The fraction of sp³-hybridized carbons (Fsp3) is 0.435. The molecule has 168 valence electrons. The second kappa shape index (κ2) is 9.68. The summed E-state index contributed by atoms with van der Waals surface area (Å²) in [4.78, 5) is 16.7. The maximum absolute atomic E-state index is 13.7. The first-order valence-electron chi connectivity index (χ1n) is 10.5. The number of hydrogen-bond acceptors (Lipinski definition) is 4. The van der Waals surface area contributed by atoms with Crippen molar-refractivity contribution in [1.82, 2.24) is 4.90 Å². The van der Waals surface area contributed by atoms with E-state index in [2.05, 4.69) is 4.72 Å². The number of carbonyl (C=O) groups excluding carboxylic acids is 1. The van der Waals surface area contributed by atoms with Crippen LogP contribution in [-0.2, 0) is 27.9 Å². The van der Waals surface area contributed by atoms with Crippen LogP contribution in [0.3, 0.4) is 0 Å². The maximum Gasteiger partial charge on any atom is 0.232 e. The second-order valence-electron chi connectivity index (χ2n) is 8.26. The molecule has 0 aliphatic heterocycles. The molecule has 0 atom stereocenters. The normalized spacial score (nSPS) is 13.7. The van der Waals surface area contributed by atoms with Gasteiger partial charge >= 0.3 is 0 Å². The SMILES string of the molecule is CCCS(=O)(=O)Nc1ccc(N(C)C)c(CN(Cc2cccc(F)c2)C(=O)C2CC2)c1. The van der Waals surface area contributed by atoms with Crippen LogP contribution in [0.2, 0.25) is 0 Å². The number of benzene rings is 2. The predicted octanol–water partition coefficient (Wildman–Crippen LogP) is 3.98. The fourth-order valence-corrected chi connectivity index (χ4v) is 4.70. The van der Waals surface area contributed by atoms with Gasteiger partial charge in [0.05, 0.1) is 5.75 Å². The van der Waals surface area contributed by atoms with Gasteiger partial charge in [0.15, 0.2) is 0 Å². The lowest BCUT2D eigenvalue weighted by atomic mass is 10.1. The van der Waals surface area contributed by atoms with Crippen molar-refractivity contribution in [2.45, 2.75) is 39.3 Å². The lowest BCUT2D eigenvalue weighted by molar-refractivity contribution is -0.133. The Kier molecular flexibility index (Phi) is 7.20. The van der Waals surface area contributed by atoms with E-state index in [1.807, 2.05) is 32.0 Å². The number of rotatable bonds is 10. The summed E-state index contributed by atoms with van der Waals surface area (Å²) in [7, 11) is 0.382. The van der Waals surface area contributed by atoms with E-state index < -0.39 is 10.0 Å². The third kappa shape index (κ3) is 6.43. The van der Waals surface area contributed by atoms with Crippen LogP contribution in [0.15, 0.2) is 42.5 Å². The van der Waals surface area contributed by atoms with E-state index in [1.165, 1.54) is 12.1 Å². The molecular formula is C23H30FN3O3S. The Balaban J connectivity index is 1.90. The summed E-state index contributed by atoms with van der Waals surface area (Å²) >= 11 is 0. The van der Waals surface area contributed by atoms with Gasteiger partial charge in [0.1, 0.15) is 5.82 Å². The van der Waals surface area contributed by atoms with Crippen molar-refractivity contribution < 1.29 is 17.6 Å². The molecule has 1 N–H and O–H groups in total. The summed E-state index contributed by atoms with van der Waals surface area (Å²) in [5.41, 5.74) is 2.91. The molecule has 0 heterocycles. The van der Waals surface area contributed by atoms with E-state index in [9.17, 15) is 17.6 Å². The van der Waals surface area contributed by atoms with Gasteiger partial charge in [-0.3, -0.25) is 9.52 Å². The van der Waals surface area contributed by atoms with Crippen molar-refractivity contribution in [3.05, 3.63) is 59.4 Å². The molecule has 6 nitrogen and oxygen atoms in total. The summed E-state index contributed by atoms with van der Waals surface area (Å²) in [5.74, 6) is -0.227. The highest BCUT2D eigenvalue weighted by atomic mass is 32.2. The van der Waals surface area contributed by atoms with Crippen LogP contribution in [0.1, 0.15) is 37.3 Å². The highest BCUT2D eigenvalue weighted by Gasteiger charge is 2.33. The van der Waals surface area contributed by atoms with Crippen LogP contribution in [0.25, 0.3) is 0 Å². The van der Waals surface area contributed by atoms with Crippen LogP contribution in [0.5, 0.6) is 0 Å². The lowest BCUT2D eigenvalue weighted by Gasteiger charge is -2.26. The first kappa shape index (κ1) is 23.1. The Morgan fingerprint density at radius 2 is 1.87 bits per heavy atom. The van der Waals surface area contributed by atoms with Gasteiger partial charge in [-0.05, 0) is 60.7 Å². The molecule has 2 aromatic rings. The Morgan fingerprint density at radius 1 is 1.13 bits per heavy atom. The number of halogens is 1. The molecule has 0 radical (unpaired) electrons. The molecule has 0 unspecified atom stereocenters. The van der Waals surface area contributed by atoms with Crippen molar-refractivity contribution >= 4 is 27.3 Å². The predicted molar refractivity (Wildman–Crippen MR) is 122 cm³/mol. The minimum Gasteiger partial charge on any atom is -0.377 e. The summed E-state index contributed by atoms with van der Waals surface area (Å²) in [6.07, 6.45) is 2.26. The van der Waals surface area contributed by atoms with Gasteiger partial charge in [-0.1, -0.05) is 19.1 Å². The molecule has 1 saturated carbocycles. The number of nitrogens with zero attached hydrogens (tertiary/aromatic N) is 2. The molecule has 2 aromatic carbocycles. The van der Waals surface area contributed by atoms with Gasteiger partial charge in [0.25, 0.3) is 0 Å². The molecule has 1 fully saturated rings. The number of anilines is 2. The molecular weight excluding hydrogens is 417 g/mol. The van der Waals surface area contributed by atoms with E-state index in [-0.39, 0.29) is 23.4 Å². The second-order valence-corrected chi connectivity index (χ2v) is 10.1. The molecule has 1 aliphatic rings. The maximum atomic E-state index is 13.7. The Hall–Kier alpha value is -2.61. The lowest BCUT2D eigenvalue weighted by Crippen LogP contribution is -2.32. The van der Waals surface area contributed by atoms with E-state index in [0.29, 0.717) is 25.2 Å². The van der Waals surface area contributed by atoms with Crippen molar-refractivity contribution in [3.8, 4) is 0 Å². The third-order valence-electron chi connectivity index (χ3n) is 5.17. The minimum absolute atomic E-state index is 0.0163. The Labute approximate surface area is 184 Å². The summed E-state index contributed by atoms with van der Waals surface area (Å²) in [6, 6.07) is 11.6. The first-order valence-corrected chi connectivity index (χ1v) is 12.2. The third-order valence-corrected chi connectivity index (χ3v) is 6.66. The van der Waals surface area contributed by atoms with Gasteiger partial charge in [-0.25, -0.2) is 12.8 Å². The minimum atomic E-state index is -3.42. The van der Waals surface area contributed by atoms with E-state index in [4.69, 9.17) is 0 Å². The number of hydrogen-bond donors (Lipinski definition) is 1. The molecule has 3 rings (SSSR count). The van der Waals surface area contributed by atoms with Crippen molar-refractivity contribution in [3.63, 3.8) is 0 Å². The van der Waals surface area contributed by atoms with Gasteiger partial charge < -0.3 is 9.80 Å². The smallest absolute Gasteiger partial charge is 0.232 e. The monoisotopic (exact) mass is 447 g/mol. The fourth-order valence-electron chi connectivity index (χ4n) is 3.57. The quantitative estimate of drug-likeness (QED) is 0.598. The van der Waals surface area contributed by atoms with Gasteiger partial charge in [-0.2, -0.15) is 0 Å². The topological polar surface area (TPSA) is 69.7 Å². The summed E-state index contributed by atoms with van der Waals surface area (Å²) < 4.78 is 40.7. The summed E-state index contributed by atoms with van der Waals surface area (Å²) in [6.45, 7) is 2.42. The molecule has 8 heteroatoms. The van der Waals surface area contributed by atoms with Crippen LogP contribution in [-0.4, -0.2) is 39.1 Å². The zero-order valence-electron chi connectivity index (χ0n) is 18.3. The van der Waals surface area contributed by atoms with E-state index >= 15 is 0 Å². The number of nitrogens with one attached hydrogen (secondary N) is 1. The standard InChI is InChI=1S/C23H30FN3O3S/c1-4-12-31(29,30)25-21-10-11-22(26(2)3)19(14-21)16-27(23(28)18-8-9-18)15-17-6-5-7-20(24)13-17/h5-7,10-11,13-14,18,25H,4,8-9,12,15-16H2,1-3H3. The average Bonchev–Trinajstić information content (AvgIpc) is 3.51. The van der Waals surface area contributed by atoms with E-state index in [1.54, 1.807) is 29.2 Å². The van der Waals surface area contributed by atoms with Crippen LogP contribution < -0.4 is 9.62 Å². The molecule has 0 saturated heterocycles. The molecule has 1 aliphatic carbocycles. The zero-order valence-corrected chi connectivity index (χ0v) is 19.1. The number of sulfonamides is 1. The van der Waals surface area contributed by atoms with Gasteiger partial charge in [0.2, 0.25) is 15.9 Å². The van der Waals surface area contributed by atoms with Crippen LogP contribution >= 0.6 is 0 Å². The molecule has 0 aromatic heterocycles. The molecule has 0 spiro atoms. The summed E-state index contributed by atoms with van der Waals surface area (Å²) in [5, 5.41) is 0. The zero-order chi connectivity index (χ0) is 22.6. The van der Waals surface area contributed by atoms with Gasteiger partial charge in [0, 0.05) is 44.5 Å². The van der Waals surface area contributed by atoms with Crippen molar-refractivity contribution in [2.24, 2.45) is 5.92 Å². The van der Waals surface area contributed by atoms with Gasteiger partial charge in [-0.15, -0.1) is 0 Å². The Morgan fingerprint density at radius 3 is 2.48 bits per heavy atom. The highest BCUT2D eigenvalue weighted by molar-refractivity contribution is 7.92. The molecule has 0 bridgehead atoms. The van der Waals surface area contributed by atoms with Crippen LogP contribution in [0, 0.1) is 11.7 Å². The van der Waals surface area contributed by atoms with Crippen molar-refractivity contribution in [2.75, 3.05) is 29.5 Å². The molecule has 1 amide bonds. The Bertz CT molecular complexity index is 1040. The number of carbonyl (C=O) groups is 1. The first-order chi connectivity index (χ1) is 14.7. The van der Waals surface area contributed by atoms with E-state index in [0.717, 1.165) is 29.7 Å². The van der Waals surface area contributed by atoms with Crippen LogP contribution in [0.4, 0.5) is 15.8 Å². The largest absolute Gasteiger partial charge is 0.377 e. The molecule has 31 heavy (non-hydrogen) atoms. The highest BCUT2D eigenvalue weighted by Crippen LogP contribution is 2.33. The van der Waals surface area contributed by atoms with Crippen molar-refractivity contribution in [1.29, 1.82) is 0 Å².